The first-order chi connectivity index (χ1) is 10.1. The molecule has 2 rings (SSSR count). The quantitative estimate of drug-likeness (QED) is 0.237. The topological polar surface area (TPSA) is 101 Å². The Morgan fingerprint density at radius 2 is 2.29 bits per heavy atom. The van der Waals surface area contributed by atoms with Crippen molar-refractivity contribution in [2.24, 2.45) is 17.9 Å². The largest absolute Gasteiger partial charge is 0.409 e. The van der Waals surface area contributed by atoms with Crippen molar-refractivity contribution >= 4 is 5.84 Å². The SMILES string of the molecule is Cc1cc(/C(N)=N/O)ccc1CNCCc1ncn(C)n1. The van der Waals surface area contributed by atoms with Crippen molar-refractivity contribution in [1.29, 1.82) is 0 Å². The number of amidine groups is 1. The van der Waals surface area contributed by atoms with E-state index in [1.807, 2.05) is 32.2 Å². The summed E-state index contributed by atoms with van der Waals surface area (Å²) in [6.45, 7) is 3.58. The Kier molecular flexibility index (Phi) is 4.89. The summed E-state index contributed by atoms with van der Waals surface area (Å²) in [6, 6.07) is 5.74. The highest BCUT2D eigenvalue weighted by atomic mass is 16.4. The van der Waals surface area contributed by atoms with Crippen LogP contribution < -0.4 is 11.1 Å². The molecule has 0 amide bonds. The molecule has 0 aliphatic carbocycles. The molecule has 21 heavy (non-hydrogen) atoms. The fraction of sp³-hybridized carbons (Fsp3) is 0.357. The molecule has 0 saturated heterocycles. The molecule has 0 radical (unpaired) electrons. The summed E-state index contributed by atoms with van der Waals surface area (Å²) in [5.41, 5.74) is 8.57. The first-order valence-corrected chi connectivity index (χ1v) is 6.73. The molecule has 1 aromatic heterocycles. The third-order valence-corrected chi connectivity index (χ3v) is 3.23. The third kappa shape index (κ3) is 4.03. The lowest BCUT2D eigenvalue weighted by Crippen LogP contribution is -2.18. The Morgan fingerprint density at radius 1 is 1.48 bits per heavy atom. The van der Waals surface area contributed by atoms with Crippen molar-refractivity contribution < 1.29 is 5.21 Å². The monoisotopic (exact) mass is 288 g/mol. The molecule has 7 nitrogen and oxygen atoms in total. The van der Waals surface area contributed by atoms with Gasteiger partial charge in [-0.15, -0.1) is 0 Å². The summed E-state index contributed by atoms with van der Waals surface area (Å²) in [4.78, 5) is 4.18. The first-order valence-electron chi connectivity index (χ1n) is 6.73. The molecule has 0 fully saturated rings. The molecule has 0 unspecified atom stereocenters. The van der Waals surface area contributed by atoms with E-state index < -0.39 is 0 Å². The van der Waals surface area contributed by atoms with Crippen LogP contribution in [0.5, 0.6) is 0 Å². The zero-order chi connectivity index (χ0) is 15.2. The van der Waals surface area contributed by atoms with E-state index in [-0.39, 0.29) is 5.84 Å². The van der Waals surface area contributed by atoms with Crippen LogP contribution >= 0.6 is 0 Å². The van der Waals surface area contributed by atoms with Crippen molar-refractivity contribution in [3.63, 3.8) is 0 Å². The lowest BCUT2D eigenvalue weighted by molar-refractivity contribution is 0.318. The van der Waals surface area contributed by atoms with Crippen LogP contribution in [0.25, 0.3) is 0 Å². The highest BCUT2D eigenvalue weighted by Crippen LogP contribution is 2.11. The second-order valence-corrected chi connectivity index (χ2v) is 4.89. The number of nitrogens with two attached hydrogens (primary N) is 1. The molecule has 4 N–H and O–H groups in total. The van der Waals surface area contributed by atoms with E-state index in [1.165, 1.54) is 5.56 Å². The molecule has 1 heterocycles. The van der Waals surface area contributed by atoms with Crippen molar-refractivity contribution in [2.45, 2.75) is 19.9 Å². The summed E-state index contributed by atoms with van der Waals surface area (Å²) in [7, 11) is 1.86. The van der Waals surface area contributed by atoms with Gasteiger partial charge in [0.1, 0.15) is 6.33 Å². The number of aryl methyl sites for hydroxylation is 2. The van der Waals surface area contributed by atoms with Gasteiger partial charge < -0.3 is 16.3 Å². The number of rotatable bonds is 6. The van der Waals surface area contributed by atoms with Gasteiger partial charge in [0.05, 0.1) is 0 Å². The fourth-order valence-electron chi connectivity index (χ4n) is 2.03. The molecule has 0 spiro atoms. The van der Waals surface area contributed by atoms with Crippen LogP contribution in [-0.4, -0.2) is 32.4 Å². The first kappa shape index (κ1) is 15.0. The zero-order valence-corrected chi connectivity index (χ0v) is 12.2. The number of hydrogen-bond acceptors (Lipinski definition) is 5. The molecule has 2 aromatic rings. The molecule has 112 valence electrons. The van der Waals surface area contributed by atoms with Crippen LogP contribution in [0.4, 0.5) is 0 Å². The Labute approximate surface area is 123 Å². The van der Waals surface area contributed by atoms with Gasteiger partial charge in [-0.1, -0.05) is 17.3 Å². The lowest BCUT2D eigenvalue weighted by Gasteiger charge is -2.09. The molecule has 0 bridgehead atoms. The van der Waals surface area contributed by atoms with E-state index in [4.69, 9.17) is 10.9 Å². The predicted octanol–water partition coefficient (Wildman–Crippen LogP) is 0.550. The van der Waals surface area contributed by atoms with Crippen molar-refractivity contribution in [3.05, 3.63) is 47.0 Å². The van der Waals surface area contributed by atoms with Crippen molar-refractivity contribution in [1.82, 2.24) is 20.1 Å². The van der Waals surface area contributed by atoms with E-state index in [0.29, 0.717) is 0 Å². The molecule has 0 aliphatic rings. The Hall–Kier alpha value is -2.41. The van der Waals surface area contributed by atoms with Gasteiger partial charge in [0, 0.05) is 32.1 Å². The van der Waals surface area contributed by atoms with Gasteiger partial charge in [-0.25, -0.2) is 4.98 Å². The average Bonchev–Trinajstić information content (AvgIpc) is 2.89. The molecular formula is C14H20N6O. The molecule has 0 atom stereocenters. The van der Waals surface area contributed by atoms with Crippen molar-refractivity contribution in [2.75, 3.05) is 6.54 Å². The molecule has 0 saturated carbocycles. The van der Waals surface area contributed by atoms with Gasteiger partial charge in [-0.2, -0.15) is 5.10 Å². The highest BCUT2D eigenvalue weighted by Gasteiger charge is 2.04. The van der Waals surface area contributed by atoms with E-state index >= 15 is 0 Å². The van der Waals surface area contributed by atoms with Crippen LogP contribution in [0.2, 0.25) is 0 Å². The summed E-state index contributed by atoms with van der Waals surface area (Å²) in [5, 5.41) is 19.3. The maximum Gasteiger partial charge on any atom is 0.170 e. The summed E-state index contributed by atoms with van der Waals surface area (Å²) >= 11 is 0. The number of oxime groups is 1. The Morgan fingerprint density at radius 3 is 2.90 bits per heavy atom. The van der Waals surface area contributed by atoms with Gasteiger partial charge in [0.25, 0.3) is 0 Å². The number of nitrogens with one attached hydrogen (secondary N) is 1. The van der Waals surface area contributed by atoms with Gasteiger partial charge in [0.15, 0.2) is 11.7 Å². The van der Waals surface area contributed by atoms with E-state index in [2.05, 4.69) is 20.6 Å². The van der Waals surface area contributed by atoms with Crippen LogP contribution in [0.3, 0.4) is 0 Å². The normalized spacial score (nSPS) is 11.8. The molecule has 1 aromatic carbocycles. The minimum Gasteiger partial charge on any atom is -0.409 e. The minimum atomic E-state index is 0.124. The van der Waals surface area contributed by atoms with Gasteiger partial charge >= 0.3 is 0 Å². The fourth-order valence-corrected chi connectivity index (χ4v) is 2.03. The number of nitrogens with zero attached hydrogens (tertiary/aromatic N) is 4. The van der Waals surface area contributed by atoms with E-state index in [0.717, 1.165) is 36.5 Å². The van der Waals surface area contributed by atoms with Gasteiger partial charge in [-0.3, -0.25) is 4.68 Å². The van der Waals surface area contributed by atoms with E-state index in [1.54, 1.807) is 11.0 Å². The summed E-state index contributed by atoms with van der Waals surface area (Å²) in [5.74, 6) is 0.961. The molecule has 0 aliphatic heterocycles. The third-order valence-electron chi connectivity index (χ3n) is 3.23. The molecule has 7 heteroatoms. The Balaban J connectivity index is 1.86. The average molecular weight is 288 g/mol. The number of benzene rings is 1. The van der Waals surface area contributed by atoms with Crippen LogP contribution in [0.1, 0.15) is 22.5 Å². The van der Waals surface area contributed by atoms with Gasteiger partial charge in [0.2, 0.25) is 0 Å². The van der Waals surface area contributed by atoms with Crippen LogP contribution in [0, 0.1) is 6.92 Å². The zero-order valence-electron chi connectivity index (χ0n) is 12.2. The molecular weight excluding hydrogens is 268 g/mol. The van der Waals surface area contributed by atoms with E-state index in [9.17, 15) is 0 Å². The smallest absolute Gasteiger partial charge is 0.170 e. The lowest BCUT2D eigenvalue weighted by atomic mass is 10.0. The predicted molar refractivity (Wildman–Crippen MR) is 80.1 cm³/mol. The maximum absolute atomic E-state index is 8.67. The number of aromatic nitrogens is 3. The summed E-state index contributed by atoms with van der Waals surface area (Å²) in [6.07, 6.45) is 2.49. The number of hydrogen-bond donors (Lipinski definition) is 3. The summed E-state index contributed by atoms with van der Waals surface area (Å²) < 4.78 is 1.70. The standard InChI is InChI=1S/C14H20N6O/c1-10-7-11(14(15)19-21)3-4-12(10)8-16-6-5-13-17-9-20(2)18-13/h3-4,7,9,16,21H,5-6,8H2,1-2H3,(H2,15,19). The minimum absolute atomic E-state index is 0.124. The maximum atomic E-state index is 8.67. The van der Waals surface area contributed by atoms with Crippen molar-refractivity contribution in [3.8, 4) is 0 Å². The van der Waals surface area contributed by atoms with Crippen LogP contribution in [0.15, 0.2) is 29.7 Å². The second-order valence-electron chi connectivity index (χ2n) is 4.89. The van der Waals surface area contributed by atoms with Crippen LogP contribution in [-0.2, 0) is 20.0 Å². The second kappa shape index (κ2) is 6.85. The van der Waals surface area contributed by atoms with Gasteiger partial charge in [-0.05, 0) is 24.1 Å². The highest BCUT2D eigenvalue weighted by molar-refractivity contribution is 5.97. The Bertz CT molecular complexity index is 634.